The largest absolute Gasteiger partial charge is 0.433 e. The van der Waals surface area contributed by atoms with Crippen LogP contribution >= 0.6 is 0 Å². The molecule has 3 N–H and O–H groups in total. The van der Waals surface area contributed by atoms with E-state index in [4.69, 9.17) is 10.5 Å². The Morgan fingerprint density at radius 2 is 2.03 bits per heavy atom. The second kappa shape index (κ2) is 9.46. The fraction of sp³-hybridized carbons (Fsp3) is 0.619. The summed E-state index contributed by atoms with van der Waals surface area (Å²) >= 11 is 0. The Balaban J connectivity index is 1.54. The number of nitrogens with two attached hydrogens (primary N) is 1. The van der Waals surface area contributed by atoms with Gasteiger partial charge in [0.2, 0.25) is 5.91 Å². The molecule has 2 amide bonds. The summed E-state index contributed by atoms with van der Waals surface area (Å²) in [7, 11) is 0. The van der Waals surface area contributed by atoms with Crippen LogP contribution in [-0.4, -0.2) is 67.8 Å². The number of carbonyl (C=O) groups is 2. The first-order valence-electron chi connectivity index (χ1n) is 10.7. The van der Waals surface area contributed by atoms with Gasteiger partial charge in [-0.05, 0) is 37.8 Å². The van der Waals surface area contributed by atoms with Gasteiger partial charge in [0.1, 0.15) is 12.6 Å². The fourth-order valence-corrected chi connectivity index (χ4v) is 4.21. The van der Waals surface area contributed by atoms with Gasteiger partial charge in [-0.15, -0.1) is 0 Å². The van der Waals surface area contributed by atoms with Gasteiger partial charge in [0.25, 0.3) is 5.91 Å². The minimum Gasteiger partial charge on any atom is -0.433 e. The predicted molar refractivity (Wildman–Crippen MR) is 110 cm³/mol. The number of hydrogen-bond donors (Lipinski definition) is 2. The van der Waals surface area contributed by atoms with Gasteiger partial charge in [-0.3, -0.25) is 14.5 Å². The molecule has 3 aliphatic rings. The Labute approximate surface area is 179 Å². The molecule has 0 unspecified atom stereocenters. The molecular weight excluding hydrogens is 410 g/mol. The van der Waals surface area contributed by atoms with Crippen molar-refractivity contribution in [2.75, 3.05) is 36.5 Å². The molecule has 4 rings (SSSR count). The van der Waals surface area contributed by atoms with E-state index in [1.54, 1.807) is 6.07 Å². The van der Waals surface area contributed by atoms with Crippen LogP contribution in [0.25, 0.3) is 0 Å². The minimum absolute atomic E-state index is 0.0696. The average Bonchev–Trinajstić information content (AvgIpc) is 3.53. The molecule has 8 nitrogen and oxygen atoms in total. The lowest BCUT2D eigenvalue weighted by molar-refractivity contribution is -0.125. The van der Waals surface area contributed by atoms with E-state index in [2.05, 4.69) is 15.0 Å². The molecule has 1 atom stereocenters. The third kappa shape index (κ3) is 4.97. The van der Waals surface area contributed by atoms with Crippen LogP contribution < -0.4 is 20.7 Å². The Hall–Kier alpha value is -2.30. The number of nitrogens with one attached hydrogen (secondary N) is 1. The van der Waals surface area contributed by atoms with Gasteiger partial charge < -0.3 is 25.4 Å². The van der Waals surface area contributed by atoms with Crippen molar-refractivity contribution in [3.05, 3.63) is 18.2 Å². The topological polar surface area (TPSA) is 97.1 Å². The molecule has 1 heterocycles. The smallest absolute Gasteiger partial charge is 0.387 e. The maximum Gasteiger partial charge on any atom is 0.387 e. The van der Waals surface area contributed by atoms with Crippen molar-refractivity contribution in [2.24, 2.45) is 5.73 Å². The second-order valence-electron chi connectivity index (χ2n) is 8.16. The van der Waals surface area contributed by atoms with Crippen LogP contribution in [0.1, 0.15) is 32.1 Å². The second-order valence-corrected chi connectivity index (χ2v) is 8.16. The molecular formula is C21H28F2N4O4. The lowest BCUT2D eigenvalue weighted by Crippen LogP contribution is -2.55. The standard InChI is InChI=1S/C21H28F2N4O4/c22-21(23)31-18-10-15(26-8-9-30-12-19(26)28)6-7-16(18)25-20(29)17(11-24)27(14-4-5-14)13-2-1-3-13/h6-7,10,13-14,17,21H,1-5,8-9,11-12,24H2,(H,25,29)/t17-/m1/s1. The molecule has 2 saturated carbocycles. The molecule has 0 bridgehead atoms. The van der Waals surface area contributed by atoms with E-state index >= 15 is 0 Å². The molecule has 2 aliphatic carbocycles. The molecule has 1 aromatic carbocycles. The number of rotatable bonds is 9. The lowest BCUT2D eigenvalue weighted by atomic mass is 9.90. The normalized spacial score (nSPS) is 20.7. The highest BCUT2D eigenvalue weighted by Gasteiger charge is 2.42. The van der Waals surface area contributed by atoms with Crippen LogP contribution in [0.5, 0.6) is 5.75 Å². The van der Waals surface area contributed by atoms with Crippen molar-refractivity contribution in [3.63, 3.8) is 0 Å². The highest BCUT2D eigenvalue weighted by Crippen LogP contribution is 2.38. The summed E-state index contributed by atoms with van der Waals surface area (Å²) in [4.78, 5) is 28.8. The Kier molecular flexibility index (Phi) is 6.68. The van der Waals surface area contributed by atoms with E-state index in [1.807, 2.05) is 0 Å². The number of alkyl halides is 2. The lowest BCUT2D eigenvalue weighted by Gasteiger charge is -2.41. The first kappa shape index (κ1) is 21.9. The number of amides is 2. The molecule has 0 aromatic heterocycles. The van der Waals surface area contributed by atoms with Gasteiger partial charge in [-0.2, -0.15) is 8.78 Å². The molecule has 170 valence electrons. The first-order valence-corrected chi connectivity index (χ1v) is 10.7. The van der Waals surface area contributed by atoms with E-state index in [0.717, 1.165) is 32.1 Å². The fourth-order valence-electron chi connectivity index (χ4n) is 4.21. The van der Waals surface area contributed by atoms with E-state index < -0.39 is 12.7 Å². The highest BCUT2D eigenvalue weighted by atomic mass is 19.3. The number of hydrogen-bond acceptors (Lipinski definition) is 6. The number of morpholine rings is 1. The van der Waals surface area contributed by atoms with Crippen molar-refractivity contribution >= 4 is 23.2 Å². The maximum absolute atomic E-state index is 13.1. The predicted octanol–water partition coefficient (Wildman–Crippen LogP) is 1.93. The van der Waals surface area contributed by atoms with Crippen LogP contribution in [0.4, 0.5) is 20.2 Å². The quantitative estimate of drug-likeness (QED) is 0.612. The van der Waals surface area contributed by atoms with E-state index in [-0.39, 0.29) is 36.4 Å². The molecule has 0 spiro atoms. The number of benzene rings is 1. The summed E-state index contributed by atoms with van der Waals surface area (Å²) in [6.07, 6.45) is 5.32. The molecule has 1 aromatic rings. The molecule has 1 saturated heterocycles. The monoisotopic (exact) mass is 438 g/mol. The number of halogens is 2. The SMILES string of the molecule is NC[C@H](C(=O)Nc1ccc(N2CCOCC2=O)cc1OC(F)F)N(C1CCC1)C1CC1. The van der Waals surface area contributed by atoms with Gasteiger partial charge in [-0.1, -0.05) is 6.42 Å². The summed E-state index contributed by atoms with van der Waals surface area (Å²) in [5, 5.41) is 2.73. The van der Waals surface area contributed by atoms with Crippen molar-refractivity contribution in [1.29, 1.82) is 0 Å². The molecule has 10 heteroatoms. The zero-order chi connectivity index (χ0) is 22.0. The molecule has 1 aliphatic heterocycles. The van der Waals surface area contributed by atoms with Gasteiger partial charge >= 0.3 is 6.61 Å². The summed E-state index contributed by atoms with van der Waals surface area (Å²) in [6, 6.07) is 4.59. The third-order valence-electron chi connectivity index (χ3n) is 6.09. The van der Waals surface area contributed by atoms with Gasteiger partial charge in [-0.25, -0.2) is 0 Å². The van der Waals surface area contributed by atoms with Crippen LogP contribution in [0.15, 0.2) is 18.2 Å². The van der Waals surface area contributed by atoms with Gasteiger partial charge in [0.05, 0.1) is 12.3 Å². The number of carbonyl (C=O) groups excluding carboxylic acids is 2. The van der Waals surface area contributed by atoms with Gasteiger partial charge in [0, 0.05) is 36.9 Å². The summed E-state index contributed by atoms with van der Waals surface area (Å²) in [5.41, 5.74) is 6.49. The molecule has 31 heavy (non-hydrogen) atoms. The van der Waals surface area contributed by atoms with E-state index in [1.165, 1.54) is 17.0 Å². The Bertz CT molecular complexity index is 817. The summed E-state index contributed by atoms with van der Waals surface area (Å²) < 4.78 is 35.9. The number of ether oxygens (including phenoxy) is 2. The van der Waals surface area contributed by atoms with Crippen LogP contribution in [0.2, 0.25) is 0 Å². The summed E-state index contributed by atoms with van der Waals surface area (Å²) in [5.74, 6) is -0.803. The molecule has 0 radical (unpaired) electrons. The first-order chi connectivity index (χ1) is 15.0. The highest BCUT2D eigenvalue weighted by molar-refractivity contribution is 5.98. The van der Waals surface area contributed by atoms with Crippen molar-refractivity contribution in [2.45, 2.75) is 56.8 Å². The van der Waals surface area contributed by atoms with Crippen LogP contribution in [0, 0.1) is 0 Å². The summed E-state index contributed by atoms with van der Waals surface area (Å²) in [6.45, 7) is -2.34. The maximum atomic E-state index is 13.1. The molecule has 3 fully saturated rings. The zero-order valence-corrected chi connectivity index (χ0v) is 17.3. The van der Waals surface area contributed by atoms with Crippen LogP contribution in [0.3, 0.4) is 0 Å². The van der Waals surface area contributed by atoms with Crippen molar-refractivity contribution < 1.29 is 27.8 Å². The van der Waals surface area contributed by atoms with Crippen LogP contribution in [-0.2, 0) is 14.3 Å². The third-order valence-corrected chi connectivity index (χ3v) is 6.09. The van der Waals surface area contributed by atoms with Crippen molar-refractivity contribution in [3.8, 4) is 5.75 Å². The van der Waals surface area contributed by atoms with E-state index in [0.29, 0.717) is 30.9 Å². The van der Waals surface area contributed by atoms with E-state index in [9.17, 15) is 18.4 Å². The zero-order valence-electron chi connectivity index (χ0n) is 17.3. The number of anilines is 2. The number of nitrogens with zero attached hydrogens (tertiary/aromatic N) is 2. The average molecular weight is 438 g/mol. The minimum atomic E-state index is -3.07. The van der Waals surface area contributed by atoms with Gasteiger partial charge in [0.15, 0.2) is 5.75 Å². The Morgan fingerprint density at radius 1 is 1.29 bits per heavy atom. The Morgan fingerprint density at radius 3 is 2.61 bits per heavy atom. The van der Waals surface area contributed by atoms with Crippen molar-refractivity contribution in [1.82, 2.24) is 4.90 Å².